The van der Waals surface area contributed by atoms with Gasteiger partial charge in [-0.3, -0.25) is 10.1 Å². The quantitative estimate of drug-likeness (QED) is 0.552. The zero-order valence-electron chi connectivity index (χ0n) is 6.27. The fourth-order valence-electron chi connectivity index (χ4n) is 1.19. The standard InChI is InChI=1S/C6H8N4O2/c11-6(12)4-2-10-5(1-7-4)8-3-9-10/h3-4,7H,1-2H2,(H,11,12). The summed E-state index contributed by atoms with van der Waals surface area (Å²) in [6.45, 7) is 0.821. The summed E-state index contributed by atoms with van der Waals surface area (Å²) in [5.41, 5.74) is 0. The van der Waals surface area contributed by atoms with Crippen LogP contribution >= 0.6 is 0 Å². The second kappa shape index (κ2) is 2.56. The Kier molecular flexibility index (Phi) is 1.54. The van der Waals surface area contributed by atoms with Crippen LogP contribution in [-0.2, 0) is 17.9 Å². The highest BCUT2D eigenvalue weighted by Gasteiger charge is 2.24. The summed E-state index contributed by atoms with van der Waals surface area (Å²) in [6.07, 6.45) is 1.43. The van der Waals surface area contributed by atoms with Crippen LogP contribution in [0, 0.1) is 0 Å². The predicted octanol–water partition coefficient (Wildman–Crippen LogP) is -1.17. The number of nitrogens with one attached hydrogen (secondary N) is 1. The van der Waals surface area contributed by atoms with Crippen LogP contribution in [0.3, 0.4) is 0 Å². The molecule has 1 aliphatic rings. The second-order valence-corrected chi connectivity index (χ2v) is 2.63. The van der Waals surface area contributed by atoms with Gasteiger partial charge in [-0.15, -0.1) is 0 Å². The van der Waals surface area contributed by atoms with Crippen molar-refractivity contribution < 1.29 is 9.90 Å². The molecule has 0 fully saturated rings. The molecule has 0 saturated heterocycles. The Morgan fingerprint density at radius 3 is 3.42 bits per heavy atom. The minimum atomic E-state index is -0.851. The van der Waals surface area contributed by atoms with Gasteiger partial charge in [-0.25, -0.2) is 9.67 Å². The summed E-state index contributed by atoms with van der Waals surface area (Å²) in [5.74, 6) is -0.0661. The van der Waals surface area contributed by atoms with E-state index in [0.29, 0.717) is 13.1 Å². The van der Waals surface area contributed by atoms with Crippen molar-refractivity contribution in [3.05, 3.63) is 12.2 Å². The Hall–Kier alpha value is -1.43. The third-order valence-corrected chi connectivity index (χ3v) is 1.86. The summed E-state index contributed by atoms with van der Waals surface area (Å²) in [5, 5.41) is 15.4. The Balaban J connectivity index is 2.20. The summed E-state index contributed by atoms with van der Waals surface area (Å²) < 4.78 is 1.61. The first-order valence-corrected chi connectivity index (χ1v) is 3.60. The highest BCUT2D eigenvalue weighted by molar-refractivity contribution is 5.73. The number of nitrogens with zero attached hydrogens (tertiary/aromatic N) is 3. The maximum absolute atomic E-state index is 10.6. The van der Waals surface area contributed by atoms with Crippen LogP contribution in [0.2, 0.25) is 0 Å². The molecule has 2 heterocycles. The van der Waals surface area contributed by atoms with Gasteiger partial charge in [0, 0.05) is 0 Å². The van der Waals surface area contributed by atoms with Crippen molar-refractivity contribution in [2.24, 2.45) is 0 Å². The van der Waals surface area contributed by atoms with Gasteiger partial charge in [-0.1, -0.05) is 0 Å². The smallest absolute Gasteiger partial charge is 0.322 e. The van der Waals surface area contributed by atoms with Gasteiger partial charge in [0.1, 0.15) is 18.2 Å². The van der Waals surface area contributed by atoms with Crippen LogP contribution in [0.25, 0.3) is 0 Å². The van der Waals surface area contributed by atoms with Crippen molar-refractivity contribution in [2.45, 2.75) is 19.1 Å². The molecule has 12 heavy (non-hydrogen) atoms. The fraction of sp³-hybridized carbons (Fsp3) is 0.500. The van der Waals surface area contributed by atoms with Gasteiger partial charge < -0.3 is 5.11 Å². The van der Waals surface area contributed by atoms with Crippen LogP contribution < -0.4 is 5.32 Å². The first-order chi connectivity index (χ1) is 5.77. The number of carbonyl (C=O) groups is 1. The molecule has 0 amide bonds. The van der Waals surface area contributed by atoms with Crippen molar-refractivity contribution in [1.82, 2.24) is 20.1 Å². The molecule has 2 rings (SSSR count). The molecule has 2 N–H and O–H groups in total. The third-order valence-electron chi connectivity index (χ3n) is 1.86. The van der Waals surface area contributed by atoms with E-state index >= 15 is 0 Å². The van der Waals surface area contributed by atoms with Crippen LogP contribution in [0.15, 0.2) is 6.33 Å². The normalized spacial score (nSPS) is 21.8. The first-order valence-electron chi connectivity index (χ1n) is 3.60. The van der Waals surface area contributed by atoms with E-state index in [-0.39, 0.29) is 0 Å². The maximum atomic E-state index is 10.6. The van der Waals surface area contributed by atoms with Gasteiger partial charge in [0.05, 0.1) is 13.1 Å². The average molecular weight is 168 g/mol. The molecule has 0 spiro atoms. The third kappa shape index (κ3) is 1.06. The van der Waals surface area contributed by atoms with Crippen LogP contribution in [-0.4, -0.2) is 31.9 Å². The van der Waals surface area contributed by atoms with E-state index in [0.717, 1.165) is 5.82 Å². The fourth-order valence-corrected chi connectivity index (χ4v) is 1.19. The number of hydrogen-bond donors (Lipinski definition) is 2. The lowest BCUT2D eigenvalue weighted by Crippen LogP contribution is -2.44. The molecule has 0 bridgehead atoms. The molecule has 0 saturated carbocycles. The number of fused-ring (bicyclic) bond motifs is 1. The first kappa shape index (κ1) is 7.23. The zero-order valence-corrected chi connectivity index (χ0v) is 6.27. The number of aliphatic carboxylic acids is 1. The maximum Gasteiger partial charge on any atom is 0.322 e. The molecule has 64 valence electrons. The molecule has 1 aliphatic heterocycles. The molecule has 0 radical (unpaired) electrons. The van der Waals surface area contributed by atoms with Crippen molar-refractivity contribution in [3.8, 4) is 0 Å². The number of hydrogen-bond acceptors (Lipinski definition) is 4. The Morgan fingerprint density at radius 2 is 2.67 bits per heavy atom. The summed E-state index contributed by atoms with van der Waals surface area (Å²) in [4.78, 5) is 14.5. The van der Waals surface area contributed by atoms with Crippen LogP contribution in [0.4, 0.5) is 0 Å². The van der Waals surface area contributed by atoms with Crippen molar-refractivity contribution in [1.29, 1.82) is 0 Å². The van der Waals surface area contributed by atoms with Crippen molar-refractivity contribution in [3.63, 3.8) is 0 Å². The summed E-state index contributed by atoms with van der Waals surface area (Å²) in [7, 11) is 0. The van der Waals surface area contributed by atoms with E-state index in [1.54, 1.807) is 4.68 Å². The largest absolute Gasteiger partial charge is 0.480 e. The Bertz CT molecular complexity index is 308. The molecule has 0 aromatic carbocycles. The Morgan fingerprint density at radius 1 is 1.83 bits per heavy atom. The molecule has 1 unspecified atom stereocenters. The highest BCUT2D eigenvalue weighted by atomic mass is 16.4. The van der Waals surface area contributed by atoms with Gasteiger partial charge in [0.15, 0.2) is 0 Å². The SMILES string of the molecule is O=C(O)C1Cn2ncnc2CN1. The van der Waals surface area contributed by atoms with E-state index in [1.165, 1.54) is 6.33 Å². The lowest BCUT2D eigenvalue weighted by molar-refractivity contribution is -0.140. The molecule has 6 nitrogen and oxygen atoms in total. The molecular formula is C6H8N4O2. The van der Waals surface area contributed by atoms with E-state index in [2.05, 4.69) is 15.4 Å². The van der Waals surface area contributed by atoms with Gasteiger partial charge in [-0.05, 0) is 0 Å². The van der Waals surface area contributed by atoms with Crippen molar-refractivity contribution in [2.75, 3.05) is 0 Å². The highest BCUT2D eigenvalue weighted by Crippen LogP contribution is 2.03. The average Bonchev–Trinajstić information content (AvgIpc) is 2.49. The van der Waals surface area contributed by atoms with Gasteiger partial charge >= 0.3 is 5.97 Å². The lowest BCUT2D eigenvalue weighted by atomic mass is 10.2. The zero-order chi connectivity index (χ0) is 8.55. The number of carboxylic acids is 1. The lowest BCUT2D eigenvalue weighted by Gasteiger charge is -2.20. The van der Waals surface area contributed by atoms with E-state index in [9.17, 15) is 4.79 Å². The molecule has 1 aromatic rings. The topological polar surface area (TPSA) is 80.0 Å². The van der Waals surface area contributed by atoms with Crippen LogP contribution in [0.1, 0.15) is 5.82 Å². The molecule has 6 heteroatoms. The van der Waals surface area contributed by atoms with E-state index in [4.69, 9.17) is 5.11 Å². The predicted molar refractivity (Wildman–Crippen MR) is 38.3 cm³/mol. The molecule has 1 atom stereocenters. The molecule has 0 aliphatic carbocycles. The summed E-state index contributed by atoms with van der Waals surface area (Å²) in [6, 6.07) is -0.542. The van der Waals surface area contributed by atoms with Gasteiger partial charge in [0.25, 0.3) is 0 Å². The Labute approximate surface area is 68.2 Å². The molecule has 1 aromatic heterocycles. The van der Waals surface area contributed by atoms with Crippen LogP contribution in [0.5, 0.6) is 0 Å². The number of aromatic nitrogens is 3. The number of rotatable bonds is 1. The van der Waals surface area contributed by atoms with E-state index in [1.807, 2.05) is 0 Å². The second-order valence-electron chi connectivity index (χ2n) is 2.63. The summed E-state index contributed by atoms with van der Waals surface area (Å²) >= 11 is 0. The molecular weight excluding hydrogens is 160 g/mol. The van der Waals surface area contributed by atoms with E-state index < -0.39 is 12.0 Å². The van der Waals surface area contributed by atoms with Crippen molar-refractivity contribution >= 4 is 5.97 Å². The minimum absolute atomic E-state index is 0.352. The minimum Gasteiger partial charge on any atom is -0.480 e. The monoisotopic (exact) mass is 168 g/mol. The number of carboxylic acid groups (broad SMARTS) is 1. The van der Waals surface area contributed by atoms with Gasteiger partial charge in [0.2, 0.25) is 0 Å². The van der Waals surface area contributed by atoms with Gasteiger partial charge in [-0.2, -0.15) is 5.10 Å².